The fourth-order valence-corrected chi connectivity index (χ4v) is 10.6. The van der Waals surface area contributed by atoms with E-state index in [1.54, 1.807) is 21.0 Å². The van der Waals surface area contributed by atoms with E-state index in [0.29, 0.717) is 63.5 Å². The Kier molecular flexibility index (Phi) is 20.3. The lowest BCUT2D eigenvalue weighted by molar-refractivity contribution is -0.302. The summed E-state index contributed by atoms with van der Waals surface area (Å²) in [6, 6.07) is 8.46. The molecule has 15 nitrogen and oxygen atoms in total. The summed E-state index contributed by atoms with van der Waals surface area (Å²) in [7, 11) is 4.67. The Hall–Kier alpha value is -3.83. The lowest BCUT2D eigenvalue weighted by Gasteiger charge is -2.47. The predicted molar refractivity (Wildman–Crippen MR) is 250 cm³/mol. The van der Waals surface area contributed by atoms with Gasteiger partial charge in [0.1, 0.15) is 30.6 Å². The molecule has 1 aliphatic carbocycles. The molecule has 5 rings (SSSR count). The maximum absolute atomic E-state index is 14.5. The van der Waals surface area contributed by atoms with Crippen LogP contribution in [0.4, 0.5) is 0 Å². The third-order valence-electron chi connectivity index (χ3n) is 14.6. The van der Waals surface area contributed by atoms with Crippen LogP contribution in [0, 0.1) is 29.6 Å². The number of hydrogen-bond donors (Lipinski definition) is 3. The number of methoxy groups -OCH3 is 3. The molecule has 2 saturated heterocycles. The van der Waals surface area contributed by atoms with Crippen molar-refractivity contribution in [2.75, 3.05) is 34.5 Å². The molecule has 3 fully saturated rings. The first kappa shape index (κ1) is 54.1. The van der Waals surface area contributed by atoms with E-state index >= 15 is 0 Å². The fourth-order valence-electron chi connectivity index (χ4n) is 10.6. The number of piperidine rings is 1. The molecular formula is C52H78N2O13. The van der Waals surface area contributed by atoms with Gasteiger partial charge in [-0.05, 0) is 101 Å². The molecule has 2 amide bonds. The average molecular weight is 939 g/mol. The molecule has 0 radical (unpaired) electrons. The molecule has 0 aromatic heterocycles. The lowest BCUT2D eigenvalue weighted by Crippen LogP contribution is -2.64. The molecule has 67 heavy (non-hydrogen) atoms. The standard InChI is InChI=1S/C52H78N2O13/c1-10-38-23-31(2)22-32(3)24-44(63-8)48-45(64-9)26-34(5)52(61,67-48)49(58)50(59)54-21-15-14-18-39(54)51(60)66-47(35(6)40(55)28-41(38)56)33(4)25-37-19-20-42(43(27-37)62-7)65-30-46(57)53-29-36-16-12-11-13-17-36/h11-13,16-17,23,25,32,34-35,37-40,42-45,47-48,55,61H,10,14-15,18-22,24,26-30H2,1-9H3,(H,53,57)/b31-23+,33-25+/t32-,34+,35+,37-,38+,39-,40-,42+,43+,44-,45-,47+,48+,52+/m0/s1. The van der Waals surface area contributed by atoms with Crippen molar-refractivity contribution in [2.24, 2.45) is 29.6 Å². The Morgan fingerprint density at radius 1 is 0.910 bits per heavy atom. The zero-order chi connectivity index (χ0) is 49.0. The molecule has 2 bridgehead atoms. The molecule has 3 aliphatic heterocycles. The first-order valence-corrected chi connectivity index (χ1v) is 24.5. The highest BCUT2D eigenvalue weighted by molar-refractivity contribution is 6.39. The number of ketones is 2. The van der Waals surface area contributed by atoms with Gasteiger partial charge in [-0.25, -0.2) is 4.79 Å². The van der Waals surface area contributed by atoms with Crippen molar-refractivity contribution in [3.63, 3.8) is 0 Å². The van der Waals surface area contributed by atoms with Crippen molar-refractivity contribution < 1.29 is 62.6 Å². The van der Waals surface area contributed by atoms with Gasteiger partial charge in [-0.3, -0.25) is 19.2 Å². The van der Waals surface area contributed by atoms with E-state index in [4.69, 9.17) is 28.4 Å². The fraction of sp³-hybridized carbons (Fsp3) is 0.712. The first-order chi connectivity index (χ1) is 31.9. The van der Waals surface area contributed by atoms with Crippen LogP contribution >= 0.6 is 0 Å². The Bertz CT molecular complexity index is 1890. The number of carbonyl (C=O) groups is 5. The van der Waals surface area contributed by atoms with Crippen molar-refractivity contribution in [2.45, 2.75) is 173 Å². The number of benzene rings is 1. The normalized spacial score (nSPS) is 36.5. The summed E-state index contributed by atoms with van der Waals surface area (Å²) in [6.45, 7) is 11.5. The summed E-state index contributed by atoms with van der Waals surface area (Å²) >= 11 is 0. The molecule has 3 heterocycles. The lowest BCUT2D eigenvalue weighted by atomic mass is 9.81. The monoisotopic (exact) mass is 939 g/mol. The van der Waals surface area contributed by atoms with Crippen LogP contribution in [-0.4, -0.2) is 134 Å². The largest absolute Gasteiger partial charge is 0.456 e. The Morgan fingerprint density at radius 3 is 2.27 bits per heavy atom. The van der Waals surface area contributed by atoms with Gasteiger partial charge in [-0.15, -0.1) is 0 Å². The number of esters is 1. The molecule has 1 saturated carbocycles. The van der Waals surface area contributed by atoms with Crippen LogP contribution in [0.1, 0.15) is 118 Å². The number of rotatable bonds is 11. The number of nitrogens with one attached hydrogen (secondary N) is 1. The van der Waals surface area contributed by atoms with Gasteiger partial charge in [-0.2, -0.15) is 0 Å². The van der Waals surface area contributed by atoms with E-state index in [2.05, 4.69) is 12.2 Å². The van der Waals surface area contributed by atoms with Gasteiger partial charge >= 0.3 is 5.97 Å². The van der Waals surface area contributed by atoms with Gasteiger partial charge in [0.15, 0.2) is 0 Å². The van der Waals surface area contributed by atoms with E-state index in [0.717, 1.165) is 11.1 Å². The van der Waals surface area contributed by atoms with Crippen molar-refractivity contribution in [1.29, 1.82) is 0 Å². The number of carbonyl (C=O) groups excluding carboxylic acids is 5. The number of ether oxygens (including phenoxy) is 6. The highest BCUT2D eigenvalue weighted by Gasteiger charge is 2.56. The van der Waals surface area contributed by atoms with Gasteiger partial charge < -0.3 is 48.9 Å². The van der Waals surface area contributed by atoms with E-state index < -0.39 is 77.8 Å². The number of aliphatic hydroxyl groups is 2. The van der Waals surface area contributed by atoms with E-state index in [9.17, 15) is 34.2 Å². The molecule has 3 N–H and O–H groups in total. The molecule has 0 spiro atoms. The summed E-state index contributed by atoms with van der Waals surface area (Å²) in [5, 5.41) is 26.8. The third-order valence-corrected chi connectivity index (χ3v) is 14.6. The second-order valence-corrected chi connectivity index (χ2v) is 19.7. The van der Waals surface area contributed by atoms with Crippen LogP contribution in [0.25, 0.3) is 0 Å². The number of amides is 2. The van der Waals surface area contributed by atoms with Gasteiger partial charge in [0, 0.05) is 58.6 Å². The Labute approximate surface area is 397 Å². The summed E-state index contributed by atoms with van der Waals surface area (Å²) in [6.07, 6.45) is 3.82. The molecule has 374 valence electrons. The summed E-state index contributed by atoms with van der Waals surface area (Å²) < 4.78 is 36.4. The van der Waals surface area contributed by atoms with Gasteiger partial charge in [0.05, 0.1) is 30.5 Å². The molecule has 1 aromatic carbocycles. The summed E-state index contributed by atoms with van der Waals surface area (Å²) in [5.74, 6) is -7.94. The van der Waals surface area contributed by atoms with Crippen LogP contribution in [-0.2, 0) is 58.9 Å². The van der Waals surface area contributed by atoms with Crippen LogP contribution in [0.15, 0.2) is 53.6 Å². The second kappa shape index (κ2) is 25.2. The molecular weight excluding hydrogens is 861 g/mol. The number of hydrogen-bond acceptors (Lipinski definition) is 13. The van der Waals surface area contributed by atoms with Crippen LogP contribution in [0.3, 0.4) is 0 Å². The van der Waals surface area contributed by atoms with Crippen LogP contribution in [0.2, 0.25) is 0 Å². The second-order valence-electron chi connectivity index (χ2n) is 19.7. The van der Waals surface area contributed by atoms with Crippen molar-refractivity contribution in [1.82, 2.24) is 10.2 Å². The number of allylic oxidation sites excluding steroid dienone is 3. The smallest absolute Gasteiger partial charge is 0.329 e. The van der Waals surface area contributed by atoms with Crippen LogP contribution in [0.5, 0.6) is 0 Å². The van der Waals surface area contributed by atoms with Crippen LogP contribution < -0.4 is 5.32 Å². The maximum atomic E-state index is 14.5. The zero-order valence-corrected chi connectivity index (χ0v) is 41.3. The van der Waals surface area contributed by atoms with E-state index in [1.807, 2.05) is 63.3 Å². The van der Waals surface area contributed by atoms with Gasteiger partial charge in [0.2, 0.25) is 11.7 Å². The van der Waals surface area contributed by atoms with E-state index in [-0.39, 0.29) is 68.1 Å². The first-order valence-electron chi connectivity index (χ1n) is 24.5. The van der Waals surface area contributed by atoms with Gasteiger partial charge in [0.25, 0.3) is 11.7 Å². The molecule has 15 heteroatoms. The minimum absolute atomic E-state index is 0.0191. The summed E-state index contributed by atoms with van der Waals surface area (Å²) in [5.41, 5.74) is 2.62. The SMILES string of the molecule is CC[C@@H]1/C=C(\C)C[C@H](C)C[C@H](OC)[C@H]2O[C@@](O)(C(=O)C(=O)N3CCCC[C@H]3C(=O)O[C@H](/C(C)=C/[C@@H]3CC[C@@H](OCC(=O)NCc4ccccc4)[C@H](OC)C3)[C@H](C)[C@@H](O)CC1=O)[C@H](C)C[C@@H]2OC. The predicted octanol–water partition coefficient (Wildman–Crippen LogP) is 5.81. The molecule has 0 unspecified atom stereocenters. The number of cyclic esters (lactones) is 1. The highest BCUT2D eigenvalue weighted by atomic mass is 16.7. The van der Waals surface area contributed by atoms with Crippen molar-refractivity contribution >= 4 is 29.4 Å². The van der Waals surface area contributed by atoms with E-state index in [1.165, 1.54) is 19.1 Å². The zero-order valence-electron chi connectivity index (χ0n) is 41.3. The molecule has 4 aliphatic rings. The Morgan fingerprint density at radius 2 is 1.60 bits per heavy atom. The third kappa shape index (κ3) is 13.9. The minimum Gasteiger partial charge on any atom is -0.456 e. The minimum atomic E-state index is -2.52. The molecule has 14 atom stereocenters. The average Bonchev–Trinajstić information content (AvgIpc) is 3.32. The Balaban J connectivity index is 1.42. The topological polar surface area (TPSA) is 196 Å². The number of fused-ring (bicyclic) bond motifs is 3. The molecule has 1 aromatic rings. The quantitative estimate of drug-likeness (QED) is 0.137. The number of aliphatic hydroxyl groups excluding tert-OH is 1. The van der Waals surface area contributed by atoms with Crippen molar-refractivity contribution in [3.8, 4) is 0 Å². The number of Topliss-reactive ketones (excluding diaryl/α,β-unsaturated/α-hetero) is 2. The van der Waals surface area contributed by atoms with Gasteiger partial charge in [-0.1, -0.05) is 75.8 Å². The van der Waals surface area contributed by atoms with Crippen molar-refractivity contribution in [3.05, 3.63) is 59.2 Å². The summed E-state index contributed by atoms with van der Waals surface area (Å²) in [4.78, 5) is 71.1. The highest BCUT2D eigenvalue weighted by Crippen LogP contribution is 2.39. The maximum Gasteiger partial charge on any atom is 0.329 e. The number of nitrogens with zero attached hydrogens (tertiary/aromatic N) is 1.